The number of hydrogen-bond donors (Lipinski definition) is 1. The summed E-state index contributed by atoms with van der Waals surface area (Å²) in [5.74, 6) is -0.737. The molecule has 2 fully saturated rings. The number of amides is 2. The number of benzene rings is 1. The molecule has 2 amide bonds. The summed E-state index contributed by atoms with van der Waals surface area (Å²) in [7, 11) is 0. The molecule has 1 aromatic carbocycles. The van der Waals surface area contributed by atoms with E-state index in [1.165, 1.54) is 26.9 Å². The van der Waals surface area contributed by atoms with E-state index in [0.717, 1.165) is 0 Å². The van der Waals surface area contributed by atoms with Crippen LogP contribution in [0.5, 0.6) is 0 Å². The molecule has 12 heteroatoms. The number of aromatic nitrogens is 3. The number of anilines is 2. The normalized spacial score (nSPS) is 19.7. The van der Waals surface area contributed by atoms with E-state index in [1.54, 1.807) is 23.2 Å². The van der Waals surface area contributed by atoms with Crippen LogP contribution >= 0.6 is 0 Å². The van der Waals surface area contributed by atoms with Crippen molar-refractivity contribution in [3.8, 4) is 0 Å². The van der Waals surface area contributed by atoms with Gasteiger partial charge in [-0.15, -0.1) is 5.10 Å². The predicted octanol–water partition coefficient (Wildman–Crippen LogP) is -0.0185. The van der Waals surface area contributed by atoms with Crippen molar-refractivity contribution in [2.75, 3.05) is 49.1 Å². The third-order valence-electron chi connectivity index (χ3n) is 4.95. The molecule has 0 spiro atoms. The minimum atomic E-state index is -0.540. The number of nitrogens with zero attached hydrogens (tertiary/aromatic N) is 6. The number of rotatable bonds is 5. The van der Waals surface area contributed by atoms with Crippen molar-refractivity contribution in [2.24, 2.45) is 5.73 Å². The standard InChI is InChI=1S/C18H22FN7O4/c19-15-9-13(25-11-14(10-20)30-18(25)28)1-2-16(15)23-5-6-26(29-8-7-23)17(27)12-24-4-3-21-22-24/h1-4,9,14H,5-8,10-12,20H2/t14-/m0/s1. The molecular weight excluding hydrogens is 397 g/mol. The first-order valence-corrected chi connectivity index (χ1v) is 9.55. The molecule has 2 aliphatic rings. The van der Waals surface area contributed by atoms with Gasteiger partial charge < -0.3 is 15.4 Å². The van der Waals surface area contributed by atoms with Crippen molar-refractivity contribution in [1.29, 1.82) is 0 Å². The summed E-state index contributed by atoms with van der Waals surface area (Å²) >= 11 is 0. The SMILES string of the molecule is NC[C@H]1CN(c2ccc(N3CCON(C(=O)Cn4ccnn4)CC3)c(F)c2)C(=O)O1. The molecule has 2 aromatic rings. The van der Waals surface area contributed by atoms with Crippen molar-refractivity contribution >= 4 is 23.4 Å². The van der Waals surface area contributed by atoms with Crippen LogP contribution in [0.25, 0.3) is 0 Å². The number of hydroxylamine groups is 2. The summed E-state index contributed by atoms with van der Waals surface area (Å²) in [4.78, 5) is 33.0. The Hall–Kier alpha value is -3.25. The molecule has 30 heavy (non-hydrogen) atoms. The third-order valence-corrected chi connectivity index (χ3v) is 4.95. The fourth-order valence-corrected chi connectivity index (χ4v) is 3.40. The van der Waals surface area contributed by atoms with Crippen molar-refractivity contribution < 1.29 is 23.6 Å². The highest BCUT2D eigenvalue weighted by molar-refractivity contribution is 5.90. The molecule has 3 heterocycles. The number of carbonyl (C=O) groups is 2. The molecule has 0 bridgehead atoms. The lowest BCUT2D eigenvalue weighted by atomic mass is 10.2. The van der Waals surface area contributed by atoms with Gasteiger partial charge in [-0.3, -0.25) is 14.5 Å². The molecule has 1 atom stereocenters. The maximum Gasteiger partial charge on any atom is 0.414 e. The maximum atomic E-state index is 14.8. The van der Waals surface area contributed by atoms with Crippen LogP contribution in [0.1, 0.15) is 0 Å². The Morgan fingerprint density at radius 1 is 1.30 bits per heavy atom. The van der Waals surface area contributed by atoms with Crippen LogP contribution in [0.15, 0.2) is 30.6 Å². The zero-order valence-corrected chi connectivity index (χ0v) is 16.2. The van der Waals surface area contributed by atoms with Crippen LogP contribution in [0.3, 0.4) is 0 Å². The van der Waals surface area contributed by atoms with Crippen molar-refractivity contribution in [3.05, 3.63) is 36.4 Å². The molecule has 11 nitrogen and oxygen atoms in total. The lowest BCUT2D eigenvalue weighted by molar-refractivity contribution is -0.182. The molecule has 160 valence electrons. The lowest BCUT2D eigenvalue weighted by Gasteiger charge is -2.24. The molecule has 1 aromatic heterocycles. The van der Waals surface area contributed by atoms with Gasteiger partial charge in [-0.2, -0.15) is 0 Å². The van der Waals surface area contributed by atoms with E-state index in [4.69, 9.17) is 15.3 Å². The van der Waals surface area contributed by atoms with Gasteiger partial charge in [0.2, 0.25) is 0 Å². The van der Waals surface area contributed by atoms with Gasteiger partial charge in [0.15, 0.2) is 0 Å². The van der Waals surface area contributed by atoms with Gasteiger partial charge in [-0.1, -0.05) is 5.21 Å². The maximum absolute atomic E-state index is 14.8. The fourth-order valence-electron chi connectivity index (χ4n) is 3.40. The topological polar surface area (TPSA) is 119 Å². The second-order valence-electron chi connectivity index (χ2n) is 6.90. The fraction of sp³-hybridized carbons (Fsp3) is 0.444. The summed E-state index contributed by atoms with van der Waals surface area (Å²) in [6.07, 6.45) is 2.14. The molecule has 2 saturated heterocycles. The second kappa shape index (κ2) is 8.63. The van der Waals surface area contributed by atoms with E-state index in [1.807, 2.05) is 0 Å². The Morgan fingerprint density at radius 3 is 2.87 bits per heavy atom. The van der Waals surface area contributed by atoms with Gasteiger partial charge in [0.1, 0.15) is 18.5 Å². The number of hydrogen-bond acceptors (Lipinski definition) is 8. The Bertz CT molecular complexity index is 910. The van der Waals surface area contributed by atoms with E-state index < -0.39 is 18.0 Å². The molecule has 2 aliphatic heterocycles. The minimum absolute atomic E-state index is 0.0127. The number of ether oxygens (including phenoxy) is 1. The largest absolute Gasteiger partial charge is 0.443 e. The predicted molar refractivity (Wildman–Crippen MR) is 103 cm³/mol. The third kappa shape index (κ3) is 4.19. The van der Waals surface area contributed by atoms with Crippen molar-refractivity contribution in [1.82, 2.24) is 20.1 Å². The molecular formula is C18H22FN7O4. The average molecular weight is 419 g/mol. The molecule has 2 N–H and O–H groups in total. The summed E-state index contributed by atoms with van der Waals surface area (Å²) in [5, 5.41) is 8.69. The highest BCUT2D eigenvalue weighted by atomic mass is 19.1. The first-order chi connectivity index (χ1) is 14.5. The Balaban J connectivity index is 1.40. The van der Waals surface area contributed by atoms with Crippen LogP contribution in [0.2, 0.25) is 0 Å². The number of carbonyl (C=O) groups excluding carboxylic acids is 2. The van der Waals surface area contributed by atoms with Crippen LogP contribution in [0, 0.1) is 5.82 Å². The van der Waals surface area contributed by atoms with Crippen LogP contribution in [-0.2, 0) is 20.9 Å². The Morgan fingerprint density at radius 2 is 2.17 bits per heavy atom. The van der Waals surface area contributed by atoms with Crippen LogP contribution in [-0.4, -0.2) is 77.5 Å². The first-order valence-electron chi connectivity index (χ1n) is 9.55. The number of halogens is 1. The van der Waals surface area contributed by atoms with Gasteiger partial charge in [-0.05, 0) is 18.2 Å². The van der Waals surface area contributed by atoms with E-state index in [-0.39, 0.29) is 38.7 Å². The quantitative estimate of drug-likeness (QED) is 0.718. The van der Waals surface area contributed by atoms with Crippen molar-refractivity contribution in [3.63, 3.8) is 0 Å². The van der Waals surface area contributed by atoms with Gasteiger partial charge in [0.25, 0.3) is 5.91 Å². The van der Waals surface area contributed by atoms with E-state index >= 15 is 0 Å². The van der Waals surface area contributed by atoms with Crippen LogP contribution in [0.4, 0.5) is 20.6 Å². The first kappa shape index (κ1) is 20.0. The number of cyclic esters (lactones) is 1. The number of nitrogens with two attached hydrogens (primary N) is 1. The van der Waals surface area contributed by atoms with E-state index in [2.05, 4.69) is 10.3 Å². The van der Waals surface area contributed by atoms with Gasteiger partial charge in [-0.25, -0.2) is 18.9 Å². The molecule has 0 aliphatic carbocycles. The minimum Gasteiger partial charge on any atom is -0.443 e. The van der Waals surface area contributed by atoms with E-state index in [0.29, 0.717) is 24.5 Å². The molecule has 4 rings (SSSR count). The summed E-state index contributed by atoms with van der Waals surface area (Å²) in [6.45, 7) is 1.80. The lowest BCUT2D eigenvalue weighted by Crippen LogP contribution is -2.36. The summed E-state index contributed by atoms with van der Waals surface area (Å²) in [5.41, 5.74) is 6.32. The molecule has 0 saturated carbocycles. The summed E-state index contributed by atoms with van der Waals surface area (Å²) < 4.78 is 21.4. The van der Waals surface area contributed by atoms with Gasteiger partial charge in [0.05, 0.1) is 37.3 Å². The smallest absolute Gasteiger partial charge is 0.414 e. The van der Waals surface area contributed by atoms with Gasteiger partial charge >= 0.3 is 6.09 Å². The zero-order valence-electron chi connectivity index (χ0n) is 16.2. The van der Waals surface area contributed by atoms with Crippen LogP contribution < -0.4 is 15.5 Å². The highest BCUT2D eigenvalue weighted by Crippen LogP contribution is 2.28. The molecule has 0 radical (unpaired) electrons. The Labute approximate surface area is 171 Å². The highest BCUT2D eigenvalue weighted by Gasteiger charge is 2.32. The summed E-state index contributed by atoms with van der Waals surface area (Å²) in [6, 6.07) is 4.58. The molecule has 0 unspecified atom stereocenters. The van der Waals surface area contributed by atoms with Gasteiger partial charge in [0, 0.05) is 25.8 Å². The second-order valence-corrected chi connectivity index (χ2v) is 6.90. The monoisotopic (exact) mass is 419 g/mol. The average Bonchev–Trinajstić information content (AvgIpc) is 3.30. The van der Waals surface area contributed by atoms with Crippen molar-refractivity contribution in [2.45, 2.75) is 12.6 Å². The Kier molecular flexibility index (Phi) is 5.77. The van der Waals surface area contributed by atoms with E-state index in [9.17, 15) is 14.0 Å². The zero-order chi connectivity index (χ0) is 21.1.